The standard InChI is InChI=1S/C7H6F3NO/c1-3-6(8)5(12)2-4(11-3)7(9)10/h2,7H,1H3,(H,11,12). The van der Waals surface area contributed by atoms with Crippen LogP contribution in [0.5, 0.6) is 0 Å². The number of H-pyrrole nitrogens is 1. The number of rotatable bonds is 1. The summed E-state index contributed by atoms with van der Waals surface area (Å²) in [6, 6.07) is 0.562. The van der Waals surface area contributed by atoms with E-state index in [0.29, 0.717) is 6.07 Å². The minimum absolute atomic E-state index is 0.169. The highest BCUT2D eigenvalue weighted by Gasteiger charge is 2.11. The lowest BCUT2D eigenvalue weighted by atomic mass is 10.3. The van der Waals surface area contributed by atoms with Crippen molar-refractivity contribution in [2.75, 3.05) is 0 Å². The number of aryl methyl sites for hydroxylation is 1. The molecule has 0 saturated carbocycles. The van der Waals surface area contributed by atoms with Gasteiger partial charge in [-0.2, -0.15) is 0 Å². The van der Waals surface area contributed by atoms with Crippen molar-refractivity contribution in [2.45, 2.75) is 13.3 Å². The maximum absolute atomic E-state index is 12.6. The van der Waals surface area contributed by atoms with Gasteiger partial charge in [0.1, 0.15) is 0 Å². The molecule has 66 valence electrons. The average molecular weight is 177 g/mol. The van der Waals surface area contributed by atoms with Crippen molar-refractivity contribution in [3.63, 3.8) is 0 Å². The van der Waals surface area contributed by atoms with Gasteiger partial charge in [0.25, 0.3) is 6.43 Å². The predicted octanol–water partition coefficient (Wildman–Crippen LogP) is 1.76. The fourth-order valence-electron chi connectivity index (χ4n) is 0.814. The van der Waals surface area contributed by atoms with Crippen molar-refractivity contribution in [3.8, 4) is 0 Å². The molecule has 0 fully saturated rings. The SMILES string of the molecule is Cc1[nH]c(C(F)F)cc(=O)c1F. The quantitative estimate of drug-likeness (QED) is 0.696. The first-order valence-corrected chi connectivity index (χ1v) is 3.20. The molecule has 0 unspecified atom stereocenters. The zero-order valence-corrected chi connectivity index (χ0v) is 6.20. The summed E-state index contributed by atoms with van der Waals surface area (Å²) in [6.45, 7) is 1.22. The van der Waals surface area contributed by atoms with Crippen LogP contribution in [0.3, 0.4) is 0 Å². The van der Waals surface area contributed by atoms with Crippen LogP contribution >= 0.6 is 0 Å². The van der Waals surface area contributed by atoms with E-state index in [1.165, 1.54) is 6.92 Å². The third-order valence-corrected chi connectivity index (χ3v) is 1.40. The monoisotopic (exact) mass is 177 g/mol. The van der Waals surface area contributed by atoms with Crippen LogP contribution in [-0.2, 0) is 0 Å². The summed E-state index contributed by atoms with van der Waals surface area (Å²) in [6.07, 6.45) is -2.78. The van der Waals surface area contributed by atoms with Gasteiger partial charge in [-0.15, -0.1) is 0 Å². The molecule has 0 aliphatic carbocycles. The lowest BCUT2D eigenvalue weighted by Crippen LogP contribution is -2.11. The molecule has 0 aromatic carbocycles. The van der Waals surface area contributed by atoms with Gasteiger partial charge in [0.2, 0.25) is 5.43 Å². The zero-order chi connectivity index (χ0) is 9.30. The Kier molecular flexibility index (Phi) is 2.21. The average Bonchev–Trinajstić information content (AvgIpc) is 1.99. The zero-order valence-electron chi connectivity index (χ0n) is 6.20. The van der Waals surface area contributed by atoms with Crippen molar-refractivity contribution in [1.29, 1.82) is 0 Å². The molecule has 0 bridgehead atoms. The van der Waals surface area contributed by atoms with Crippen LogP contribution in [0.1, 0.15) is 17.8 Å². The highest BCUT2D eigenvalue weighted by atomic mass is 19.3. The minimum Gasteiger partial charge on any atom is -0.355 e. The molecule has 1 rings (SSSR count). The Bertz CT molecular complexity index is 345. The van der Waals surface area contributed by atoms with Gasteiger partial charge >= 0.3 is 0 Å². The van der Waals surface area contributed by atoms with E-state index in [0.717, 1.165) is 0 Å². The van der Waals surface area contributed by atoms with E-state index in [9.17, 15) is 18.0 Å². The first kappa shape index (κ1) is 8.83. The fourth-order valence-corrected chi connectivity index (χ4v) is 0.814. The summed E-state index contributed by atoms with van der Waals surface area (Å²) in [5.41, 5.74) is -1.74. The Morgan fingerprint density at radius 1 is 1.50 bits per heavy atom. The maximum atomic E-state index is 12.6. The molecule has 0 amide bonds. The van der Waals surface area contributed by atoms with Crippen LogP contribution < -0.4 is 5.43 Å². The number of hydrogen-bond donors (Lipinski definition) is 1. The van der Waals surface area contributed by atoms with Crippen LogP contribution in [0.15, 0.2) is 10.9 Å². The Labute approximate surface area is 66.0 Å². The van der Waals surface area contributed by atoms with Gasteiger partial charge < -0.3 is 4.98 Å². The van der Waals surface area contributed by atoms with Gasteiger partial charge in [0.15, 0.2) is 5.82 Å². The second kappa shape index (κ2) is 3.00. The van der Waals surface area contributed by atoms with E-state index in [-0.39, 0.29) is 5.69 Å². The highest BCUT2D eigenvalue weighted by Crippen LogP contribution is 2.14. The van der Waals surface area contributed by atoms with Crippen molar-refractivity contribution in [3.05, 3.63) is 33.5 Å². The van der Waals surface area contributed by atoms with Gasteiger partial charge in [-0.25, -0.2) is 13.2 Å². The summed E-state index contributed by atoms with van der Waals surface area (Å²) >= 11 is 0. The number of nitrogens with one attached hydrogen (secondary N) is 1. The summed E-state index contributed by atoms with van der Waals surface area (Å²) in [4.78, 5) is 12.7. The van der Waals surface area contributed by atoms with Gasteiger partial charge in [-0.05, 0) is 6.92 Å². The lowest BCUT2D eigenvalue weighted by Gasteiger charge is -2.01. The van der Waals surface area contributed by atoms with E-state index in [1.807, 2.05) is 0 Å². The second-order valence-electron chi connectivity index (χ2n) is 2.33. The Morgan fingerprint density at radius 2 is 2.08 bits per heavy atom. The van der Waals surface area contributed by atoms with Gasteiger partial charge in [-0.3, -0.25) is 4.79 Å². The molecule has 1 heterocycles. The molecule has 0 atom stereocenters. The third kappa shape index (κ3) is 1.49. The Hall–Kier alpha value is -1.26. The number of halogens is 3. The third-order valence-electron chi connectivity index (χ3n) is 1.40. The summed E-state index contributed by atoms with van der Waals surface area (Å²) in [5.74, 6) is -1.01. The topological polar surface area (TPSA) is 32.9 Å². The van der Waals surface area contributed by atoms with Gasteiger partial charge in [0.05, 0.1) is 11.4 Å². The molecule has 1 aromatic heterocycles. The van der Waals surface area contributed by atoms with Crippen molar-refractivity contribution < 1.29 is 13.2 Å². The first-order valence-electron chi connectivity index (χ1n) is 3.20. The maximum Gasteiger partial charge on any atom is 0.278 e. The lowest BCUT2D eigenvalue weighted by molar-refractivity contribution is 0.145. The molecular formula is C7H6F3NO. The van der Waals surface area contributed by atoms with E-state index in [1.54, 1.807) is 0 Å². The van der Waals surface area contributed by atoms with E-state index < -0.39 is 23.4 Å². The molecule has 0 radical (unpaired) electrons. The number of alkyl halides is 2. The van der Waals surface area contributed by atoms with Crippen molar-refractivity contribution >= 4 is 0 Å². The number of aromatic nitrogens is 1. The number of aromatic amines is 1. The normalized spacial score (nSPS) is 10.8. The Morgan fingerprint density at radius 3 is 2.50 bits per heavy atom. The van der Waals surface area contributed by atoms with E-state index in [4.69, 9.17) is 0 Å². The van der Waals surface area contributed by atoms with Gasteiger partial charge in [0, 0.05) is 6.07 Å². The Balaban J connectivity index is 3.31. The van der Waals surface area contributed by atoms with Crippen molar-refractivity contribution in [2.24, 2.45) is 0 Å². The van der Waals surface area contributed by atoms with Crippen molar-refractivity contribution in [1.82, 2.24) is 4.98 Å². The first-order chi connectivity index (χ1) is 5.52. The molecule has 0 saturated heterocycles. The fraction of sp³-hybridized carbons (Fsp3) is 0.286. The molecule has 0 aliphatic heterocycles. The van der Waals surface area contributed by atoms with Crippen LogP contribution in [0, 0.1) is 12.7 Å². The largest absolute Gasteiger partial charge is 0.355 e. The molecule has 1 N–H and O–H groups in total. The molecule has 0 spiro atoms. The smallest absolute Gasteiger partial charge is 0.278 e. The van der Waals surface area contributed by atoms with Crippen LogP contribution in [0.25, 0.3) is 0 Å². The number of hydrogen-bond acceptors (Lipinski definition) is 1. The van der Waals surface area contributed by atoms with Crippen LogP contribution in [0.4, 0.5) is 13.2 Å². The molecule has 12 heavy (non-hydrogen) atoms. The molecule has 1 aromatic rings. The molecule has 0 aliphatic rings. The summed E-state index contributed by atoms with van der Waals surface area (Å²) in [7, 11) is 0. The minimum atomic E-state index is -2.78. The van der Waals surface area contributed by atoms with E-state index >= 15 is 0 Å². The molecular weight excluding hydrogens is 171 g/mol. The number of pyridine rings is 1. The summed E-state index contributed by atoms with van der Waals surface area (Å²) in [5, 5.41) is 0. The predicted molar refractivity (Wildman–Crippen MR) is 36.7 cm³/mol. The summed E-state index contributed by atoms with van der Waals surface area (Å²) < 4.78 is 36.5. The van der Waals surface area contributed by atoms with E-state index in [2.05, 4.69) is 4.98 Å². The molecule has 5 heteroatoms. The second-order valence-corrected chi connectivity index (χ2v) is 2.33. The highest BCUT2D eigenvalue weighted by molar-refractivity contribution is 5.13. The van der Waals surface area contributed by atoms with Gasteiger partial charge in [-0.1, -0.05) is 0 Å². The van der Waals surface area contributed by atoms with Crippen LogP contribution in [-0.4, -0.2) is 4.98 Å². The van der Waals surface area contributed by atoms with Crippen LogP contribution in [0.2, 0.25) is 0 Å². The molecule has 2 nitrogen and oxygen atoms in total.